The summed E-state index contributed by atoms with van der Waals surface area (Å²) in [5.74, 6) is 0.0593. The van der Waals surface area contributed by atoms with Crippen LogP contribution in [-0.2, 0) is 5.41 Å². The van der Waals surface area contributed by atoms with Gasteiger partial charge in [0.15, 0.2) is 0 Å². The van der Waals surface area contributed by atoms with E-state index in [1.54, 1.807) is 0 Å². The van der Waals surface area contributed by atoms with Gasteiger partial charge < -0.3 is 4.90 Å². The van der Waals surface area contributed by atoms with E-state index in [4.69, 9.17) is 0 Å². The number of nitrogens with zero attached hydrogens (tertiary/aromatic N) is 1. The van der Waals surface area contributed by atoms with E-state index in [1.165, 1.54) is 16.7 Å². The number of rotatable bonds is 2. The molecule has 0 radical (unpaired) electrons. The van der Waals surface area contributed by atoms with Gasteiger partial charge >= 0.3 is 0 Å². The highest BCUT2D eigenvalue weighted by atomic mass is 16.2. The molecule has 0 fully saturated rings. The monoisotopic (exact) mass is 369 g/mol. The number of fused-ring (bicyclic) bond motifs is 1. The van der Waals surface area contributed by atoms with Crippen LogP contribution in [0.5, 0.6) is 0 Å². The van der Waals surface area contributed by atoms with Crippen LogP contribution in [0, 0.1) is 6.92 Å². The van der Waals surface area contributed by atoms with Crippen molar-refractivity contribution < 1.29 is 4.79 Å². The van der Waals surface area contributed by atoms with Gasteiger partial charge in [0.05, 0.1) is 0 Å². The van der Waals surface area contributed by atoms with Crippen molar-refractivity contribution in [2.24, 2.45) is 0 Å². The smallest absolute Gasteiger partial charge is 0.258 e. The van der Waals surface area contributed by atoms with E-state index in [0.717, 1.165) is 17.7 Å². The number of amides is 1. The van der Waals surface area contributed by atoms with Gasteiger partial charge in [-0.3, -0.25) is 4.79 Å². The molecule has 3 aromatic rings. The molecular formula is C26H27NO. The van der Waals surface area contributed by atoms with Crippen molar-refractivity contribution in [2.75, 3.05) is 4.90 Å². The maximum Gasteiger partial charge on any atom is 0.258 e. The van der Waals surface area contributed by atoms with E-state index >= 15 is 0 Å². The Morgan fingerprint density at radius 2 is 1.43 bits per heavy atom. The molecule has 4 rings (SSSR count). The molecule has 1 unspecified atom stereocenters. The second kappa shape index (κ2) is 6.63. The Balaban J connectivity index is 1.89. The molecule has 142 valence electrons. The molecule has 0 bridgehead atoms. The standard InChI is InChI=1S/C26H27NO/c1-19-14-16-21(17-15-19)26(4)18-25(2,3)27(23-13-9-8-12-22(23)26)24(28)20-10-6-5-7-11-20/h5-17H,18H2,1-4H3. The molecule has 0 saturated heterocycles. The van der Waals surface area contributed by atoms with E-state index in [9.17, 15) is 4.79 Å². The predicted octanol–water partition coefficient (Wildman–Crippen LogP) is 6.13. The van der Waals surface area contributed by atoms with Crippen molar-refractivity contribution in [3.8, 4) is 0 Å². The van der Waals surface area contributed by atoms with Crippen molar-refractivity contribution in [3.63, 3.8) is 0 Å². The van der Waals surface area contributed by atoms with Gasteiger partial charge in [-0.1, -0.05) is 73.2 Å². The number of anilines is 1. The summed E-state index contributed by atoms with van der Waals surface area (Å²) in [5, 5.41) is 0. The molecule has 1 heterocycles. The maximum atomic E-state index is 13.5. The maximum absolute atomic E-state index is 13.5. The first-order chi connectivity index (χ1) is 13.3. The van der Waals surface area contributed by atoms with E-state index in [-0.39, 0.29) is 16.9 Å². The van der Waals surface area contributed by atoms with Crippen molar-refractivity contribution >= 4 is 11.6 Å². The van der Waals surface area contributed by atoms with Gasteiger partial charge in [-0.25, -0.2) is 0 Å². The van der Waals surface area contributed by atoms with Crippen LogP contribution in [0.4, 0.5) is 5.69 Å². The lowest BCUT2D eigenvalue weighted by Crippen LogP contribution is -2.55. The summed E-state index contributed by atoms with van der Waals surface area (Å²) in [6.45, 7) is 8.78. The number of carbonyl (C=O) groups is 1. The summed E-state index contributed by atoms with van der Waals surface area (Å²) >= 11 is 0. The Labute approximate surface area is 167 Å². The fourth-order valence-electron chi connectivity index (χ4n) is 4.77. The molecule has 0 saturated carbocycles. The zero-order valence-corrected chi connectivity index (χ0v) is 17.1. The zero-order chi connectivity index (χ0) is 19.9. The molecule has 0 aromatic heterocycles. The number of hydrogen-bond acceptors (Lipinski definition) is 1. The largest absolute Gasteiger partial charge is 0.302 e. The lowest BCUT2D eigenvalue weighted by Gasteiger charge is -2.51. The highest BCUT2D eigenvalue weighted by Crippen LogP contribution is 2.50. The van der Waals surface area contributed by atoms with Gasteiger partial charge in [0.1, 0.15) is 0 Å². The quantitative estimate of drug-likeness (QED) is 0.532. The van der Waals surface area contributed by atoms with Crippen LogP contribution in [0.25, 0.3) is 0 Å². The lowest BCUT2D eigenvalue weighted by atomic mass is 9.65. The summed E-state index contributed by atoms with van der Waals surface area (Å²) in [6, 6.07) is 26.8. The van der Waals surface area contributed by atoms with E-state index in [1.807, 2.05) is 41.3 Å². The predicted molar refractivity (Wildman–Crippen MR) is 116 cm³/mol. The summed E-state index contributed by atoms with van der Waals surface area (Å²) in [6.07, 6.45) is 0.860. The molecule has 28 heavy (non-hydrogen) atoms. The van der Waals surface area contributed by atoms with Crippen LogP contribution in [0.15, 0.2) is 78.9 Å². The van der Waals surface area contributed by atoms with Crippen LogP contribution >= 0.6 is 0 Å². The minimum Gasteiger partial charge on any atom is -0.302 e. The zero-order valence-electron chi connectivity index (χ0n) is 17.1. The minimum atomic E-state index is -0.319. The summed E-state index contributed by atoms with van der Waals surface area (Å²) < 4.78 is 0. The molecule has 1 atom stereocenters. The van der Waals surface area contributed by atoms with Gasteiger partial charge in [0, 0.05) is 22.2 Å². The molecule has 1 amide bonds. The Morgan fingerprint density at radius 3 is 2.11 bits per heavy atom. The highest BCUT2D eigenvalue weighted by molar-refractivity contribution is 6.08. The third-order valence-corrected chi connectivity index (χ3v) is 6.04. The first-order valence-corrected chi connectivity index (χ1v) is 9.89. The number of aryl methyl sites for hydroxylation is 1. The van der Waals surface area contributed by atoms with Gasteiger partial charge in [0.2, 0.25) is 0 Å². The molecule has 0 N–H and O–H groups in total. The number of carbonyl (C=O) groups excluding carboxylic acids is 1. The van der Waals surface area contributed by atoms with Gasteiger partial charge in [-0.15, -0.1) is 0 Å². The number of para-hydroxylation sites is 1. The molecule has 2 heteroatoms. The van der Waals surface area contributed by atoms with Crippen LogP contribution in [0.2, 0.25) is 0 Å². The van der Waals surface area contributed by atoms with Crippen LogP contribution in [0.3, 0.4) is 0 Å². The first kappa shape index (κ1) is 18.5. The van der Waals surface area contributed by atoms with Crippen molar-refractivity contribution in [1.29, 1.82) is 0 Å². The molecule has 2 nitrogen and oxygen atoms in total. The fraction of sp³-hybridized carbons (Fsp3) is 0.269. The van der Waals surface area contributed by atoms with Gasteiger partial charge in [-0.05, 0) is 56.5 Å². The number of hydrogen-bond donors (Lipinski definition) is 0. The summed E-state index contributed by atoms with van der Waals surface area (Å²) in [7, 11) is 0. The molecule has 1 aliphatic rings. The Morgan fingerprint density at radius 1 is 0.821 bits per heavy atom. The third kappa shape index (κ3) is 2.93. The Bertz CT molecular complexity index is 1000. The summed E-state index contributed by atoms with van der Waals surface area (Å²) in [4.78, 5) is 15.5. The van der Waals surface area contributed by atoms with Crippen LogP contribution in [0.1, 0.15) is 54.2 Å². The van der Waals surface area contributed by atoms with Crippen molar-refractivity contribution in [2.45, 2.75) is 45.1 Å². The number of benzene rings is 3. The molecule has 0 spiro atoms. The van der Waals surface area contributed by atoms with Crippen LogP contribution in [-0.4, -0.2) is 11.4 Å². The van der Waals surface area contributed by atoms with E-state index in [2.05, 4.69) is 70.2 Å². The van der Waals surface area contributed by atoms with E-state index in [0.29, 0.717) is 0 Å². The third-order valence-electron chi connectivity index (χ3n) is 6.04. The van der Waals surface area contributed by atoms with Gasteiger partial charge in [-0.2, -0.15) is 0 Å². The van der Waals surface area contributed by atoms with Crippen molar-refractivity contribution in [1.82, 2.24) is 0 Å². The molecular weight excluding hydrogens is 342 g/mol. The summed E-state index contributed by atoms with van der Waals surface area (Å²) in [5.41, 5.74) is 5.03. The Hall–Kier alpha value is -2.87. The first-order valence-electron chi connectivity index (χ1n) is 9.89. The molecule has 0 aliphatic carbocycles. The average Bonchev–Trinajstić information content (AvgIpc) is 2.68. The highest BCUT2D eigenvalue weighted by Gasteiger charge is 2.47. The molecule has 3 aromatic carbocycles. The van der Waals surface area contributed by atoms with Crippen molar-refractivity contribution in [3.05, 3.63) is 101 Å². The minimum absolute atomic E-state index is 0.0593. The second-order valence-electron chi connectivity index (χ2n) is 8.71. The van der Waals surface area contributed by atoms with E-state index < -0.39 is 0 Å². The topological polar surface area (TPSA) is 20.3 Å². The normalized spacial score (nSPS) is 20.5. The van der Waals surface area contributed by atoms with Crippen LogP contribution < -0.4 is 4.90 Å². The average molecular weight is 370 g/mol. The second-order valence-corrected chi connectivity index (χ2v) is 8.71. The Kier molecular flexibility index (Phi) is 4.38. The lowest BCUT2D eigenvalue weighted by molar-refractivity contribution is 0.0948. The fourth-order valence-corrected chi connectivity index (χ4v) is 4.77. The van der Waals surface area contributed by atoms with Gasteiger partial charge in [0.25, 0.3) is 5.91 Å². The SMILES string of the molecule is Cc1ccc(C2(C)CC(C)(C)N(C(=O)c3ccccc3)c3ccccc32)cc1. The molecule has 1 aliphatic heterocycles.